The van der Waals surface area contributed by atoms with Crippen LogP contribution in [0.2, 0.25) is 0 Å². The van der Waals surface area contributed by atoms with Crippen LogP contribution in [0, 0.1) is 11.3 Å². The molecule has 0 aromatic heterocycles. The number of benzene rings is 2. The maximum absolute atomic E-state index is 11.0. The number of nitriles is 1. The number of aromatic carboxylic acids is 1. The van der Waals surface area contributed by atoms with Gasteiger partial charge in [0.15, 0.2) is 11.5 Å². The zero-order chi connectivity index (χ0) is 19.8. The van der Waals surface area contributed by atoms with Gasteiger partial charge in [0.25, 0.3) is 0 Å². The zero-order valence-electron chi connectivity index (χ0n) is 14.7. The van der Waals surface area contributed by atoms with Crippen molar-refractivity contribution in [1.29, 1.82) is 5.26 Å². The van der Waals surface area contributed by atoms with E-state index in [1.807, 2.05) is 6.92 Å². The average Bonchev–Trinajstić information content (AvgIpc) is 2.67. The molecule has 2 aromatic rings. The fourth-order valence-corrected chi connectivity index (χ4v) is 2.76. The number of hydrogen-bond acceptors (Lipinski definition) is 4. The van der Waals surface area contributed by atoms with Crippen molar-refractivity contribution in [3.63, 3.8) is 0 Å². The fraction of sp³-hybridized carbons (Fsp3) is 0.143. The second-order valence-electron chi connectivity index (χ2n) is 5.41. The van der Waals surface area contributed by atoms with Crippen LogP contribution in [0.5, 0.6) is 11.5 Å². The van der Waals surface area contributed by atoms with Gasteiger partial charge in [0.1, 0.15) is 6.61 Å². The molecule has 0 spiro atoms. The molecule has 0 unspecified atom stereocenters. The number of carbonyl (C=O) groups is 1. The Morgan fingerprint density at radius 2 is 1.85 bits per heavy atom. The van der Waals surface area contributed by atoms with Crippen LogP contribution in [0.1, 0.15) is 28.4 Å². The molecule has 0 saturated heterocycles. The van der Waals surface area contributed by atoms with Crippen LogP contribution in [-0.2, 0) is 0 Å². The number of carboxylic acid groups (broad SMARTS) is 1. The molecule has 6 heteroatoms. The van der Waals surface area contributed by atoms with Crippen LogP contribution in [-0.4, -0.2) is 24.3 Å². The quantitative estimate of drug-likeness (QED) is 0.356. The third-order valence-electron chi connectivity index (χ3n) is 3.58. The highest BCUT2D eigenvalue weighted by molar-refractivity contribution is 9.10. The van der Waals surface area contributed by atoms with Crippen molar-refractivity contribution < 1.29 is 19.4 Å². The number of hydrogen-bond donors (Lipinski definition) is 1. The monoisotopic (exact) mass is 427 g/mol. The van der Waals surface area contributed by atoms with E-state index in [4.69, 9.17) is 14.6 Å². The van der Waals surface area contributed by atoms with E-state index >= 15 is 0 Å². The average molecular weight is 428 g/mol. The molecule has 0 atom stereocenters. The van der Waals surface area contributed by atoms with Crippen LogP contribution >= 0.6 is 15.9 Å². The van der Waals surface area contributed by atoms with E-state index in [0.29, 0.717) is 35.8 Å². The van der Waals surface area contributed by atoms with E-state index in [9.17, 15) is 10.1 Å². The van der Waals surface area contributed by atoms with Gasteiger partial charge in [0.2, 0.25) is 0 Å². The molecule has 0 aliphatic carbocycles. The Kier molecular flexibility index (Phi) is 7.21. The van der Waals surface area contributed by atoms with Crippen LogP contribution in [0.4, 0.5) is 0 Å². The summed E-state index contributed by atoms with van der Waals surface area (Å²) >= 11 is 3.49. The van der Waals surface area contributed by atoms with Crippen molar-refractivity contribution in [1.82, 2.24) is 0 Å². The summed E-state index contributed by atoms with van der Waals surface area (Å²) in [5.74, 6) is 0.126. The van der Waals surface area contributed by atoms with Crippen LogP contribution < -0.4 is 9.47 Å². The molecule has 0 aliphatic rings. The largest absolute Gasteiger partial charge is 0.490 e. The lowest BCUT2D eigenvalue weighted by molar-refractivity contribution is 0.0697. The molecule has 0 aliphatic heterocycles. The molecule has 27 heavy (non-hydrogen) atoms. The van der Waals surface area contributed by atoms with Gasteiger partial charge in [-0.25, -0.2) is 4.79 Å². The van der Waals surface area contributed by atoms with E-state index < -0.39 is 5.97 Å². The lowest BCUT2D eigenvalue weighted by Crippen LogP contribution is -2.00. The van der Waals surface area contributed by atoms with E-state index in [2.05, 4.69) is 28.6 Å². The summed E-state index contributed by atoms with van der Waals surface area (Å²) in [5.41, 5.74) is 1.93. The van der Waals surface area contributed by atoms with Crippen molar-refractivity contribution in [3.8, 4) is 17.6 Å². The van der Waals surface area contributed by atoms with Crippen molar-refractivity contribution in [2.24, 2.45) is 0 Å². The van der Waals surface area contributed by atoms with Crippen molar-refractivity contribution in [3.05, 3.63) is 70.2 Å². The second kappa shape index (κ2) is 9.60. The number of carboxylic acids is 1. The molecule has 0 amide bonds. The first-order valence-corrected chi connectivity index (χ1v) is 8.95. The summed E-state index contributed by atoms with van der Waals surface area (Å²) in [6.07, 6.45) is 3.35. The van der Waals surface area contributed by atoms with Gasteiger partial charge in [-0.05, 0) is 48.4 Å². The van der Waals surface area contributed by atoms with Gasteiger partial charge in [-0.2, -0.15) is 5.26 Å². The van der Waals surface area contributed by atoms with E-state index in [1.165, 1.54) is 12.1 Å². The predicted molar refractivity (Wildman–Crippen MR) is 108 cm³/mol. The minimum atomic E-state index is -1.01. The highest BCUT2D eigenvalue weighted by Gasteiger charge is 2.11. The predicted octanol–water partition coefficient (Wildman–Crippen LogP) is 5.17. The number of halogens is 1. The van der Waals surface area contributed by atoms with Crippen molar-refractivity contribution >= 4 is 33.5 Å². The summed E-state index contributed by atoms with van der Waals surface area (Å²) < 4.78 is 12.0. The molecule has 0 fully saturated rings. The molecule has 1 N–H and O–H groups in total. The van der Waals surface area contributed by atoms with Gasteiger partial charge >= 0.3 is 5.97 Å². The Morgan fingerprint density at radius 1 is 1.22 bits per heavy atom. The maximum Gasteiger partial charge on any atom is 0.335 e. The van der Waals surface area contributed by atoms with Gasteiger partial charge in [-0.15, -0.1) is 0 Å². The zero-order valence-corrected chi connectivity index (χ0v) is 16.3. The van der Waals surface area contributed by atoms with E-state index in [0.717, 1.165) is 10.0 Å². The molecule has 0 saturated carbocycles. The fourth-order valence-electron chi connectivity index (χ4n) is 2.32. The van der Waals surface area contributed by atoms with Gasteiger partial charge in [-0.1, -0.05) is 40.7 Å². The summed E-state index contributed by atoms with van der Waals surface area (Å²) in [6.45, 7) is 6.32. The van der Waals surface area contributed by atoms with Gasteiger partial charge in [0, 0.05) is 4.47 Å². The smallest absolute Gasteiger partial charge is 0.335 e. The Bertz CT molecular complexity index is 911. The van der Waals surface area contributed by atoms with Crippen LogP contribution in [0.15, 0.2) is 53.5 Å². The minimum absolute atomic E-state index is 0.166. The summed E-state index contributed by atoms with van der Waals surface area (Å²) in [6, 6.07) is 11.9. The molecule has 138 valence electrons. The second-order valence-corrected chi connectivity index (χ2v) is 6.26. The first-order chi connectivity index (χ1) is 13.0. The highest BCUT2D eigenvalue weighted by Crippen LogP contribution is 2.35. The molecule has 0 radical (unpaired) electrons. The molecule has 5 nitrogen and oxygen atoms in total. The topological polar surface area (TPSA) is 79.5 Å². The first kappa shape index (κ1) is 20.3. The van der Waals surface area contributed by atoms with Gasteiger partial charge in [-0.3, -0.25) is 0 Å². The molecule has 2 aromatic carbocycles. The van der Waals surface area contributed by atoms with Crippen LogP contribution in [0.3, 0.4) is 0 Å². The summed E-state index contributed by atoms with van der Waals surface area (Å²) in [7, 11) is 0. The molecular formula is C21H18BrNO4. The summed E-state index contributed by atoms with van der Waals surface area (Å²) in [5, 5.41) is 18.5. The van der Waals surface area contributed by atoms with Crippen LogP contribution in [0.25, 0.3) is 11.6 Å². The Morgan fingerprint density at radius 3 is 2.41 bits per heavy atom. The number of nitrogens with zero attached hydrogens (tertiary/aromatic N) is 1. The Hall–Kier alpha value is -3.04. The highest BCUT2D eigenvalue weighted by atomic mass is 79.9. The van der Waals surface area contributed by atoms with E-state index in [1.54, 1.807) is 36.4 Å². The standard InChI is InChI=1S/C21H18BrNO4/c1-3-9-27-20-12-18(22)16(11-19(20)26-4-2)10-17(13-23)14-5-7-15(8-6-14)21(24)25/h3,5-8,10-12H,1,4,9H2,2H3,(H,24,25)/b17-10-. The first-order valence-electron chi connectivity index (χ1n) is 8.15. The molecule has 0 bridgehead atoms. The Balaban J connectivity index is 2.45. The lowest BCUT2D eigenvalue weighted by Gasteiger charge is -2.13. The van der Waals surface area contributed by atoms with Gasteiger partial charge < -0.3 is 14.6 Å². The molecule has 0 heterocycles. The maximum atomic E-state index is 11.0. The lowest BCUT2D eigenvalue weighted by atomic mass is 10.0. The Labute approximate surface area is 166 Å². The number of ether oxygens (including phenoxy) is 2. The van der Waals surface area contributed by atoms with Crippen molar-refractivity contribution in [2.45, 2.75) is 6.92 Å². The molecular weight excluding hydrogens is 410 g/mol. The SMILES string of the molecule is C=CCOc1cc(Br)c(/C=C(/C#N)c2ccc(C(=O)O)cc2)cc1OCC. The normalized spacial score (nSPS) is 10.8. The summed E-state index contributed by atoms with van der Waals surface area (Å²) in [4.78, 5) is 11.0. The third kappa shape index (κ3) is 5.22. The number of allylic oxidation sites excluding steroid dienone is 1. The molecule has 2 rings (SSSR count). The third-order valence-corrected chi connectivity index (χ3v) is 4.27. The minimum Gasteiger partial charge on any atom is -0.490 e. The van der Waals surface area contributed by atoms with Gasteiger partial charge in [0.05, 0.1) is 23.8 Å². The number of rotatable bonds is 8. The van der Waals surface area contributed by atoms with Crippen molar-refractivity contribution in [2.75, 3.05) is 13.2 Å². The van der Waals surface area contributed by atoms with E-state index in [-0.39, 0.29) is 5.56 Å².